The lowest BCUT2D eigenvalue weighted by Gasteiger charge is -2.22. The second-order valence-electron chi connectivity index (χ2n) is 6.51. The molecular formula is C20H17ClFN3O3. The highest BCUT2D eigenvalue weighted by atomic mass is 35.5. The summed E-state index contributed by atoms with van der Waals surface area (Å²) in [5, 5.41) is 3.96. The third kappa shape index (κ3) is 3.57. The van der Waals surface area contributed by atoms with Crippen LogP contribution in [0.25, 0.3) is 11.4 Å². The molecule has 1 aromatic heterocycles. The number of likely N-dealkylation sites (tertiary alicyclic amines) is 1. The molecule has 144 valence electrons. The Labute approximate surface area is 165 Å². The molecule has 0 bridgehead atoms. The largest absolute Gasteiger partial charge is 0.497 e. The molecule has 2 heterocycles. The van der Waals surface area contributed by atoms with Crippen LogP contribution in [0.15, 0.2) is 47.0 Å². The first-order valence-electron chi connectivity index (χ1n) is 8.76. The molecule has 1 unspecified atom stereocenters. The predicted molar refractivity (Wildman–Crippen MR) is 100 cm³/mol. The molecule has 8 heteroatoms. The molecule has 2 aromatic carbocycles. The van der Waals surface area contributed by atoms with Crippen LogP contribution in [0.5, 0.6) is 5.75 Å². The Morgan fingerprint density at radius 3 is 2.96 bits per heavy atom. The monoisotopic (exact) mass is 401 g/mol. The topological polar surface area (TPSA) is 68.5 Å². The van der Waals surface area contributed by atoms with Crippen LogP contribution >= 0.6 is 11.6 Å². The number of nitrogens with zero attached hydrogens (tertiary/aromatic N) is 3. The van der Waals surface area contributed by atoms with Gasteiger partial charge in [0.2, 0.25) is 17.6 Å². The number of rotatable bonds is 5. The van der Waals surface area contributed by atoms with Crippen molar-refractivity contribution < 1.29 is 18.4 Å². The van der Waals surface area contributed by atoms with Crippen LogP contribution in [0.2, 0.25) is 5.02 Å². The Morgan fingerprint density at radius 2 is 2.18 bits per heavy atom. The van der Waals surface area contributed by atoms with Crippen LogP contribution in [0.3, 0.4) is 0 Å². The summed E-state index contributed by atoms with van der Waals surface area (Å²) in [6.07, 6.45) is 1.00. The highest BCUT2D eigenvalue weighted by Crippen LogP contribution is 2.34. The van der Waals surface area contributed by atoms with E-state index >= 15 is 0 Å². The Morgan fingerprint density at radius 1 is 1.32 bits per heavy atom. The number of methoxy groups -OCH3 is 1. The number of ether oxygens (including phenoxy) is 1. The van der Waals surface area contributed by atoms with E-state index in [-0.39, 0.29) is 17.0 Å². The fraction of sp³-hybridized carbons (Fsp3) is 0.250. The average Bonchev–Trinajstić information content (AvgIpc) is 3.32. The van der Waals surface area contributed by atoms with Crippen LogP contribution in [-0.4, -0.2) is 28.1 Å². The van der Waals surface area contributed by atoms with Gasteiger partial charge in [0.1, 0.15) is 17.6 Å². The SMILES string of the molecule is COc1cccc(CN2C(=O)CCC2c2nc(-c3ccc(F)c(Cl)c3)no2)c1. The smallest absolute Gasteiger partial charge is 0.249 e. The Kier molecular flexibility index (Phi) is 5.00. The van der Waals surface area contributed by atoms with Crippen LogP contribution in [0, 0.1) is 5.82 Å². The third-order valence-corrected chi connectivity index (χ3v) is 5.01. The van der Waals surface area contributed by atoms with Gasteiger partial charge < -0.3 is 14.2 Å². The molecule has 1 aliphatic rings. The molecular weight excluding hydrogens is 385 g/mol. The maximum Gasteiger partial charge on any atom is 0.249 e. The maximum absolute atomic E-state index is 13.4. The number of hydrogen-bond donors (Lipinski definition) is 0. The van der Waals surface area contributed by atoms with Crippen molar-refractivity contribution in [3.05, 3.63) is 64.8 Å². The second kappa shape index (κ2) is 7.59. The first-order chi connectivity index (χ1) is 13.5. The minimum absolute atomic E-state index is 0.0143. The Hall–Kier alpha value is -2.93. The summed E-state index contributed by atoms with van der Waals surface area (Å²) in [7, 11) is 1.60. The molecule has 0 aliphatic carbocycles. The van der Waals surface area contributed by atoms with Crippen molar-refractivity contribution in [3.8, 4) is 17.1 Å². The van der Waals surface area contributed by atoms with Gasteiger partial charge in [-0.2, -0.15) is 4.98 Å². The standard InChI is InChI=1S/C20H17ClFN3O3/c1-27-14-4-2-3-12(9-14)11-25-17(7-8-18(25)26)20-23-19(24-28-20)13-5-6-16(22)15(21)10-13/h2-6,9-10,17H,7-8,11H2,1H3. The van der Waals surface area contributed by atoms with Crippen LogP contribution in [0.1, 0.15) is 30.3 Å². The first kappa shape index (κ1) is 18.4. The maximum atomic E-state index is 13.4. The van der Waals surface area contributed by atoms with E-state index in [2.05, 4.69) is 10.1 Å². The summed E-state index contributed by atoms with van der Waals surface area (Å²) in [4.78, 5) is 18.6. The highest BCUT2D eigenvalue weighted by Gasteiger charge is 2.36. The van der Waals surface area contributed by atoms with Crippen LogP contribution in [0.4, 0.5) is 4.39 Å². The number of benzene rings is 2. The predicted octanol–water partition coefficient (Wildman–Crippen LogP) is 4.40. The van der Waals surface area contributed by atoms with Crippen molar-refractivity contribution in [1.29, 1.82) is 0 Å². The van der Waals surface area contributed by atoms with Gasteiger partial charge in [0.05, 0.1) is 12.1 Å². The van der Waals surface area contributed by atoms with E-state index in [4.69, 9.17) is 20.9 Å². The molecule has 0 spiro atoms. The van der Waals surface area contributed by atoms with Crippen molar-refractivity contribution in [1.82, 2.24) is 15.0 Å². The lowest BCUT2D eigenvalue weighted by Crippen LogP contribution is -2.27. The molecule has 1 fully saturated rings. The van der Waals surface area contributed by atoms with Gasteiger partial charge in [-0.1, -0.05) is 28.9 Å². The lowest BCUT2D eigenvalue weighted by molar-refractivity contribution is -0.130. The zero-order valence-corrected chi connectivity index (χ0v) is 15.8. The second-order valence-corrected chi connectivity index (χ2v) is 6.92. The van der Waals surface area contributed by atoms with Gasteiger partial charge in [0, 0.05) is 18.5 Å². The van der Waals surface area contributed by atoms with Gasteiger partial charge in [-0.3, -0.25) is 4.79 Å². The van der Waals surface area contributed by atoms with E-state index in [1.54, 1.807) is 12.0 Å². The van der Waals surface area contributed by atoms with E-state index in [1.807, 2.05) is 24.3 Å². The number of carbonyl (C=O) groups excluding carboxylic acids is 1. The average molecular weight is 402 g/mol. The summed E-state index contributed by atoms with van der Waals surface area (Å²) >= 11 is 5.83. The molecule has 3 aromatic rings. The van der Waals surface area contributed by atoms with Crippen LogP contribution < -0.4 is 4.74 Å². The van der Waals surface area contributed by atoms with Crippen molar-refractivity contribution in [2.24, 2.45) is 0 Å². The quantitative estimate of drug-likeness (QED) is 0.633. The Bertz CT molecular complexity index is 1020. The number of halogens is 2. The van der Waals surface area contributed by atoms with E-state index in [1.165, 1.54) is 18.2 Å². The lowest BCUT2D eigenvalue weighted by atomic mass is 10.1. The van der Waals surface area contributed by atoms with E-state index in [0.29, 0.717) is 36.7 Å². The van der Waals surface area contributed by atoms with Crippen LogP contribution in [-0.2, 0) is 11.3 Å². The normalized spacial score (nSPS) is 16.6. The molecule has 0 saturated carbocycles. The van der Waals surface area contributed by atoms with E-state index in [9.17, 15) is 9.18 Å². The van der Waals surface area contributed by atoms with E-state index < -0.39 is 5.82 Å². The zero-order chi connectivity index (χ0) is 19.7. The first-order valence-corrected chi connectivity index (χ1v) is 9.14. The third-order valence-electron chi connectivity index (χ3n) is 4.72. The summed E-state index contributed by atoms with van der Waals surface area (Å²) in [5.74, 6) is 0.896. The molecule has 4 rings (SSSR count). The number of amides is 1. The fourth-order valence-corrected chi connectivity index (χ4v) is 3.46. The van der Waals surface area contributed by atoms with Gasteiger partial charge in [0.25, 0.3) is 0 Å². The minimum atomic E-state index is -0.514. The van der Waals surface area contributed by atoms with Crippen molar-refractivity contribution in [3.63, 3.8) is 0 Å². The molecule has 1 aliphatic heterocycles. The van der Waals surface area contributed by atoms with Crippen molar-refractivity contribution in [2.75, 3.05) is 7.11 Å². The van der Waals surface area contributed by atoms with Gasteiger partial charge in [-0.25, -0.2) is 4.39 Å². The summed E-state index contributed by atoms with van der Waals surface area (Å²) in [6, 6.07) is 11.5. The van der Waals surface area contributed by atoms with Crippen molar-refractivity contribution in [2.45, 2.75) is 25.4 Å². The summed E-state index contributed by atoms with van der Waals surface area (Å²) in [5.41, 5.74) is 1.50. The molecule has 1 amide bonds. The number of hydrogen-bond acceptors (Lipinski definition) is 5. The zero-order valence-electron chi connectivity index (χ0n) is 15.1. The van der Waals surface area contributed by atoms with Gasteiger partial charge >= 0.3 is 0 Å². The molecule has 1 atom stereocenters. The number of carbonyl (C=O) groups is 1. The van der Waals surface area contributed by atoms with E-state index in [0.717, 1.165) is 11.3 Å². The van der Waals surface area contributed by atoms with Gasteiger partial charge in [-0.15, -0.1) is 0 Å². The molecule has 0 N–H and O–H groups in total. The molecule has 28 heavy (non-hydrogen) atoms. The highest BCUT2D eigenvalue weighted by molar-refractivity contribution is 6.31. The molecule has 0 radical (unpaired) electrons. The Balaban J connectivity index is 1.58. The van der Waals surface area contributed by atoms with Crippen molar-refractivity contribution >= 4 is 17.5 Å². The number of aromatic nitrogens is 2. The van der Waals surface area contributed by atoms with Gasteiger partial charge in [-0.05, 0) is 42.3 Å². The summed E-state index contributed by atoms with van der Waals surface area (Å²) < 4.78 is 24.0. The molecule has 6 nitrogen and oxygen atoms in total. The van der Waals surface area contributed by atoms with Gasteiger partial charge in [0.15, 0.2) is 0 Å². The minimum Gasteiger partial charge on any atom is -0.497 e. The summed E-state index contributed by atoms with van der Waals surface area (Å²) in [6.45, 7) is 0.417. The fourth-order valence-electron chi connectivity index (χ4n) is 3.28. The molecule has 1 saturated heterocycles.